The SMILES string of the molecule is Brc1cnc(-n2cccn2)c2[nH]ccc12.O=[N+]([O-])c1cc(Br)cnc1-n1cccn1.O=[N+]([O-])c1cc(Br)cnc1Cl. The topological polar surface area (TPSA) is 176 Å². The maximum Gasteiger partial charge on any atom is 0.314 e. The lowest BCUT2D eigenvalue weighted by Gasteiger charge is -2.02. The third-order valence-corrected chi connectivity index (χ3v) is 6.76. The van der Waals surface area contributed by atoms with Gasteiger partial charge in [-0.05, 0) is 66.0 Å². The fourth-order valence-electron chi connectivity index (χ4n) is 3.24. The van der Waals surface area contributed by atoms with Gasteiger partial charge in [-0.3, -0.25) is 20.2 Å². The van der Waals surface area contributed by atoms with Crippen LogP contribution in [0.1, 0.15) is 0 Å². The van der Waals surface area contributed by atoms with Crippen molar-refractivity contribution in [3.63, 3.8) is 0 Å². The molecule has 6 heterocycles. The number of aromatic nitrogens is 8. The average Bonchev–Trinajstić information content (AvgIpc) is 3.74. The lowest BCUT2D eigenvalue weighted by atomic mass is 10.3. The lowest BCUT2D eigenvalue weighted by Crippen LogP contribution is -2.03. The number of nitrogens with one attached hydrogen (secondary N) is 1. The molecule has 0 radical (unpaired) electrons. The minimum atomic E-state index is -0.583. The first-order valence-corrected chi connectivity index (χ1v) is 13.8. The van der Waals surface area contributed by atoms with Crippen LogP contribution in [0, 0.1) is 20.2 Å². The molecule has 6 rings (SSSR count). The molecule has 41 heavy (non-hydrogen) atoms. The zero-order valence-corrected chi connectivity index (χ0v) is 25.7. The Bertz CT molecular complexity index is 1810. The number of hydrogen-bond donors (Lipinski definition) is 1. The Kier molecular flexibility index (Phi) is 9.87. The molecule has 6 aromatic heterocycles. The summed E-state index contributed by atoms with van der Waals surface area (Å²) in [6, 6.07) is 8.25. The Morgan fingerprint density at radius 2 is 1.37 bits per heavy atom. The van der Waals surface area contributed by atoms with E-state index in [1.165, 1.54) is 35.4 Å². The zero-order chi connectivity index (χ0) is 29.5. The van der Waals surface area contributed by atoms with Crippen LogP contribution in [0.5, 0.6) is 0 Å². The molecule has 0 bridgehead atoms. The minimum absolute atomic E-state index is 0.0897. The Hall–Kier alpha value is -4.06. The summed E-state index contributed by atoms with van der Waals surface area (Å²) in [4.78, 5) is 35.0. The van der Waals surface area contributed by atoms with Gasteiger partial charge in [0, 0.05) is 80.5 Å². The van der Waals surface area contributed by atoms with E-state index >= 15 is 0 Å². The molecular weight excluding hydrogens is 755 g/mol. The molecule has 0 fully saturated rings. The number of halogens is 4. The van der Waals surface area contributed by atoms with E-state index in [2.05, 4.69) is 77.9 Å². The van der Waals surface area contributed by atoms with Crippen molar-refractivity contribution in [2.24, 2.45) is 0 Å². The van der Waals surface area contributed by atoms with E-state index < -0.39 is 9.85 Å². The van der Waals surface area contributed by atoms with E-state index in [0.29, 0.717) is 8.95 Å². The fourth-order valence-corrected chi connectivity index (χ4v) is 4.48. The molecule has 0 aliphatic carbocycles. The molecule has 0 spiro atoms. The van der Waals surface area contributed by atoms with Crippen molar-refractivity contribution in [1.82, 2.24) is 39.5 Å². The molecule has 0 saturated carbocycles. The van der Waals surface area contributed by atoms with E-state index in [1.807, 2.05) is 24.5 Å². The molecule has 0 atom stereocenters. The Morgan fingerprint density at radius 1 is 0.805 bits per heavy atom. The number of aromatic amines is 1. The van der Waals surface area contributed by atoms with Gasteiger partial charge in [-0.2, -0.15) is 10.2 Å². The summed E-state index contributed by atoms with van der Waals surface area (Å²) in [7, 11) is 0. The number of pyridine rings is 3. The van der Waals surface area contributed by atoms with Crippen LogP contribution in [-0.4, -0.2) is 49.3 Å². The summed E-state index contributed by atoms with van der Waals surface area (Å²) in [5.74, 6) is 1.01. The first kappa shape index (κ1) is 29.9. The van der Waals surface area contributed by atoms with Crippen molar-refractivity contribution in [3.05, 3.63) is 119 Å². The first-order valence-electron chi connectivity index (χ1n) is 11.0. The molecule has 0 unspecified atom stereocenters. The Labute approximate surface area is 260 Å². The highest BCUT2D eigenvalue weighted by Gasteiger charge is 2.17. The van der Waals surface area contributed by atoms with E-state index in [9.17, 15) is 20.2 Å². The maximum absolute atomic E-state index is 10.8. The summed E-state index contributed by atoms with van der Waals surface area (Å²) in [6.45, 7) is 0. The van der Waals surface area contributed by atoms with Gasteiger partial charge < -0.3 is 4.98 Å². The summed E-state index contributed by atoms with van der Waals surface area (Å²) in [5.41, 5.74) is 0.696. The smallest absolute Gasteiger partial charge is 0.314 e. The van der Waals surface area contributed by atoms with E-state index in [1.54, 1.807) is 29.3 Å². The first-order chi connectivity index (χ1) is 19.7. The molecule has 0 aromatic carbocycles. The van der Waals surface area contributed by atoms with Gasteiger partial charge in [0.05, 0.1) is 15.4 Å². The zero-order valence-electron chi connectivity index (χ0n) is 20.2. The number of hydrogen-bond acceptors (Lipinski definition) is 9. The van der Waals surface area contributed by atoms with Crippen molar-refractivity contribution < 1.29 is 9.85 Å². The molecular formula is C23H14Br3ClN10O4. The van der Waals surface area contributed by atoms with Crippen LogP contribution in [0.25, 0.3) is 22.5 Å². The van der Waals surface area contributed by atoms with Gasteiger partial charge in [-0.15, -0.1) is 0 Å². The monoisotopic (exact) mass is 766 g/mol. The van der Waals surface area contributed by atoms with Crippen LogP contribution >= 0.6 is 59.4 Å². The second-order valence-corrected chi connectivity index (χ2v) is 10.6. The Balaban J connectivity index is 0.000000144. The number of fused-ring (bicyclic) bond motifs is 1. The number of nitrogens with zero attached hydrogens (tertiary/aromatic N) is 9. The predicted molar refractivity (Wildman–Crippen MR) is 160 cm³/mol. The molecule has 18 heteroatoms. The van der Waals surface area contributed by atoms with Crippen LogP contribution in [0.3, 0.4) is 0 Å². The van der Waals surface area contributed by atoms with Crippen LogP contribution in [0.15, 0.2) is 93.3 Å². The molecule has 6 aromatic rings. The van der Waals surface area contributed by atoms with Gasteiger partial charge in [-0.1, -0.05) is 11.6 Å². The van der Waals surface area contributed by atoms with E-state index in [0.717, 1.165) is 21.2 Å². The second kappa shape index (κ2) is 13.5. The summed E-state index contributed by atoms with van der Waals surface area (Å²) in [5, 5.41) is 30.1. The molecule has 0 aliphatic heterocycles. The summed E-state index contributed by atoms with van der Waals surface area (Å²) < 4.78 is 5.17. The number of nitro groups is 2. The van der Waals surface area contributed by atoms with Gasteiger partial charge in [0.1, 0.15) is 0 Å². The van der Waals surface area contributed by atoms with Gasteiger partial charge >= 0.3 is 11.4 Å². The van der Waals surface area contributed by atoms with Crippen LogP contribution in [-0.2, 0) is 0 Å². The third kappa shape index (κ3) is 7.37. The molecule has 0 amide bonds. The molecule has 0 aliphatic rings. The normalized spacial score (nSPS) is 10.3. The van der Waals surface area contributed by atoms with Gasteiger partial charge in [-0.25, -0.2) is 24.3 Å². The highest BCUT2D eigenvalue weighted by Crippen LogP contribution is 2.26. The largest absolute Gasteiger partial charge is 0.358 e. The Morgan fingerprint density at radius 3 is 1.93 bits per heavy atom. The van der Waals surface area contributed by atoms with Gasteiger partial charge in [0.25, 0.3) is 0 Å². The molecule has 0 saturated heterocycles. The minimum Gasteiger partial charge on any atom is -0.358 e. The van der Waals surface area contributed by atoms with Crippen LogP contribution in [0.2, 0.25) is 5.15 Å². The summed E-state index contributed by atoms with van der Waals surface area (Å²) in [6.07, 6.45) is 13.3. The predicted octanol–water partition coefficient (Wildman–Crippen LogP) is 6.85. The van der Waals surface area contributed by atoms with Crippen molar-refractivity contribution in [3.8, 4) is 11.6 Å². The quantitative estimate of drug-likeness (QED) is 0.114. The molecule has 1 N–H and O–H groups in total. The van der Waals surface area contributed by atoms with E-state index in [-0.39, 0.29) is 22.3 Å². The fraction of sp³-hybridized carbons (Fsp3) is 0. The van der Waals surface area contributed by atoms with Crippen molar-refractivity contribution >= 4 is 81.7 Å². The van der Waals surface area contributed by atoms with Crippen molar-refractivity contribution in [2.75, 3.05) is 0 Å². The van der Waals surface area contributed by atoms with Crippen molar-refractivity contribution in [1.29, 1.82) is 0 Å². The standard InChI is InChI=1S/C10H7BrN4.C8H5BrN4O2.C5H2BrClN2O2/c11-8-6-13-10(15-5-1-3-14-15)9-7(8)2-4-12-9;9-6-4-7(13(14)15)8(10-5-6)12-3-1-2-11-12;6-3-1-4(9(10)11)5(7)8-2-3/h1-6,12H;1-5H;1-2H. The number of H-pyrrole nitrogens is 1. The molecule has 14 nitrogen and oxygen atoms in total. The lowest BCUT2D eigenvalue weighted by molar-refractivity contribution is -0.385. The van der Waals surface area contributed by atoms with Gasteiger partial charge in [0.2, 0.25) is 11.0 Å². The highest BCUT2D eigenvalue weighted by atomic mass is 79.9. The third-order valence-electron chi connectivity index (χ3n) is 4.97. The second-order valence-electron chi connectivity index (χ2n) is 7.57. The van der Waals surface area contributed by atoms with Crippen molar-refractivity contribution in [2.45, 2.75) is 0 Å². The maximum atomic E-state index is 10.8. The number of rotatable bonds is 4. The molecule has 208 valence electrons. The van der Waals surface area contributed by atoms with Crippen LogP contribution in [0.4, 0.5) is 11.4 Å². The summed E-state index contributed by atoms with van der Waals surface area (Å²) >= 11 is 15.0. The highest BCUT2D eigenvalue weighted by molar-refractivity contribution is 9.11. The average molecular weight is 770 g/mol. The van der Waals surface area contributed by atoms with Crippen LogP contribution < -0.4 is 0 Å². The van der Waals surface area contributed by atoms with E-state index in [4.69, 9.17) is 11.6 Å². The van der Waals surface area contributed by atoms with Gasteiger partial charge in [0.15, 0.2) is 5.82 Å².